The Kier molecular flexibility index (Phi) is 5.27. The van der Waals surface area contributed by atoms with Crippen molar-refractivity contribution in [2.75, 3.05) is 26.2 Å². The third kappa shape index (κ3) is 3.50. The van der Waals surface area contributed by atoms with Gasteiger partial charge in [0, 0.05) is 25.2 Å². The Morgan fingerprint density at radius 2 is 2.11 bits per heavy atom. The molecule has 0 amide bonds. The third-order valence-electron chi connectivity index (χ3n) is 5.43. The number of nitrogens with two attached hydrogens (primary N) is 1. The predicted octanol–water partition coefficient (Wildman–Crippen LogP) is 2.64. The van der Waals surface area contributed by atoms with Gasteiger partial charge in [0.2, 0.25) is 0 Å². The number of nitrogens with zero attached hydrogens (tertiary/aromatic N) is 1. The zero-order chi connectivity index (χ0) is 13.9. The van der Waals surface area contributed by atoms with Gasteiger partial charge in [0.15, 0.2) is 0 Å². The fourth-order valence-electron chi connectivity index (χ4n) is 3.98. The summed E-state index contributed by atoms with van der Waals surface area (Å²) in [7, 11) is 0. The minimum absolute atomic E-state index is 0.252. The first kappa shape index (κ1) is 15.3. The molecule has 2 fully saturated rings. The van der Waals surface area contributed by atoms with Crippen LogP contribution >= 0.6 is 0 Å². The molecule has 3 unspecified atom stereocenters. The molecule has 2 aliphatic rings. The van der Waals surface area contributed by atoms with Gasteiger partial charge in [-0.15, -0.1) is 0 Å². The van der Waals surface area contributed by atoms with Crippen LogP contribution in [0.3, 0.4) is 0 Å². The molecule has 0 spiro atoms. The lowest BCUT2D eigenvalue weighted by Crippen LogP contribution is -2.58. The van der Waals surface area contributed by atoms with Crippen LogP contribution in [0.1, 0.15) is 52.9 Å². The largest absolute Gasteiger partial charge is 0.376 e. The monoisotopic (exact) mass is 268 g/mol. The van der Waals surface area contributed by atoms with Crippen LogP contribution in [0.4, 0.5) is 0 Å². The molecular formula is C16H32N2O. The van der Waals surface area contributed by atoms with E-state index in [1.807, 2.05) is 0 Å². The van der Waals surface area contributed by atoms with Crippen LogP contribution < -0.4 is 5.73 Å². The molecule has 1 saturated carbocycles. The zero-order valence-corrected chi connectivity index (χ0v) is 13.0. The predicted molar refractivity (Wildman–Crippen MR) is 80.2 cm³/mol. The van der Waals surface area contributed by atoms with Crippen LogP contribution in [-0.4, -0.2) is 42.8 Å². The molecule has 1 aliphatic carbocycles. The molecule has 0 bridgehead atoms. The average Bonchev–Trinajstić information content (AvgIpc) is 2.62. The van der Waals surface area contributed by atoms with Gasteiger partial charge in [0.1, 0.15) is 0 Å². The summed E-state index contributed by atoms with van der Waals surface area (Å²) in [5.74, 6) is 1.71. The summed E-state index contributed by atoms with van der Waals surface area (Å²) in [4.78, 5) is 2.64. The molecule has 0 aromatic carbocycles. The molecule has 3 nitrogen and oxygen atoms in total. The number of ether oxygens (including phenoxy) is 1. The summed E-state index contributed by atoms with van der Waals surface area (Å²) < 4.78 is 5.70. The standard InChI is InChI=1S/C16H32N2O/c1-13(2)15-5-4-7-16(12-17,8-6-15)18-9-10-19-14(3)11-18/h13-15H,4-12,17H2,1-3H3. The maximum Gasteiger partial charge on any atom is 0.0674 e. The van der Waals surface area contributed by atoms with Gasteiger partial charge in [-0.1, -0.05) is 26.7 Å². The number of hydrogen-bond donors (Lipinski definition) is 1. The third-order valence-corrected chi connectivity index (χ3v) is 5.43. The van der Waals surface area contributed by atoms with E-state index in [0.29, 0.717) is 6.10 Å². The van der Waals surface area contributed by atoms with E-state index in [9.17, 15) is 0 Å². The maximum absolute atomic E-state index is 6.22. The lowest BCUT2D eigenvalue weighted by Gasteiger charge is -2.46. The fraction of sp³-hybridized carbons (Fsp3) is 1.00. The highest BCUT2D eigenvalue weighted by Crippen LogP contribution is 2.37. The molecule has 1 aliphatic heterocycles. The van der Waals surface area contributed by atoms with E-state index in [2.05, 4.69) is 25.7 Å². The summed E-state index contributed by atoms with van der Waals surface area (Å²) in [6.45, 7) is 10.7. The van der Waals surface area contributed by atoms with Crippen molar-refractivity contribution in [3.8, 4) is 0 Å². The molecular weight excluding hydrogens is 236 g/mol. The van der Waals surface area contributed by atoms with E-state index in [-0.39, 0.29) is 5.54 Å². The highest BCUT2D eigenvalue weighted by Gasteiger charge is 2.39. The SMILES string of the molecule is CC1CN(C2(CN)CCCC(C(C)C)CC2)CCO1. The van der Waals surface area contributed by atoms with E-state index >= 15 is 0 Å². The van der Waals surface area contributed by atoms with Gasteiger partial charge < -0.3 is 10.5 Å². The molecule has 19 heavy (non-hydrogen) atoms. The second kappa shape index (κ2) is 6.55. The summed E-state index contributed by atoms with van der Waals surface area (Å²) >= 11 is 0. The molecule has 1 saturated heterocycles. The van der Waals surface area contributed by atoms with Crippen LogP contribution in [0.25, 0.3) is 0 Å². The summed E-state index contributed by atoms with van der Waals surface area (Å²) in [6, 6.07) is 0. The van der Waals surface area contributed by atoms with Crippen molar-refractivity contribution in [2.45, 2.75) is 64.5 Å². The smallest absolute Gasteiger partial charge is 0.0674 e. The molecule has 1 heterocycles. The van der Waals surface area contributed by atoms with Gasteiger partial charge in [-0.25, -0.2) is 0 Å². The van der Waals surface area contributed by atoms with E-state index < -0.39 is 0 Å². The number of morpholine rings is 1. The normalized spacial score (nSPS) is 38.4. The van der Waals surface area contributed by atoms with E-state index in [0.717, 1.165) is 38.1 Å². The molecule has 2 rings (SSSR count). The highest BCUT2D eigenvalue weighted by atomic mass is 16.5. The van der Waals surface area contributed by atoms with Crippen molar-refractivity contribution >= 4 is 0 Å². The van der Waals surface area contributed by atoms with Gasteiger partial charge in [-0.05, 0) is 38.0 Å². The Labute approximate surface area is 118 Å². The second-order valence-corrected chi connectivity index (χ2v) is 6.99. The first-order valence-corrected chi connectivity index (χ1v) is 8.14. The van der Waals surface area contributed by atoms with Crippen molar-refractivity contribution in [1.82, 2.24) is 4.90 Å². The van der Waals surface area contributed by atoms with Gasteiger partial charge in [-0.3, -0.25) is 4.90 Å². The van der Waals surface area contributed by atoms with Crippen molar-refractivity contribution < 1.29 is 4.74 Å². The number of hydrogen-bond acceptors (Lipinski definition) is 3. The van der Waals surface area contributed by atoms with Crippen molar-refractivity contribution in [1.29, 1.82) is 0 Å². The molecule has 0 aromatic rings. The van der Waals surface area contributed by atoms with Crippen molar-refractivity contribution in [2.24, 2.45) is 17.6 Å². The van der Waals surface area contributed by atoms with Crippen LogP contribution in [0.15, 0.2) is 0 Å². The molecule has 3 heteroatoms. The van der Waals surface area contributed by atoms with Crippen molar-refractivity contribution in [3.05, 3.63) is 0 Å². The Morgan fingerprint density at radius 1 is 1.32 bits per heavy atom. The second-order valence-electron chi connectivity index (χ2n) is 6.99. The van der Waals surface area contributed by atoms with Gasteiger partial charge >= 0.3 is 0 Å². The van der Waals surface area contributed by atoms with Crippen LogP contribution in [0, 0.1) is 11.8 Å². The minimum Gasteiger partial charge on any atom is -0.376 e. The van der Waals surface area contributed by atoms with Crippen LogP contribution in [0.5, 0.6) is 0 Å². The first-order valence-electron chi connectivity index (χ1n) is 8.14. The fourth-order valence-corrected chi connectivity index (χ4v) is 3.98. The van der Waals surface area contributed by atoms with E-state index in [1.165, 1.54) is 32.1 Å². The Hall–Kier alpha value is -0.120. The Balaban J connectivity index is 2.05. The maximum atomic E-state index is 6.22. The highest BCUT2D eigenvalue weighted by molar-refractivity contribution is 4.96. The number of rotatable bonds is 3. The lowest BCUT2D eigenvalue weighted by atomic mass is 9.85. The molecule has 2 N–H and O–H groups in total. The van der Waals surface area contributed by atoms with E-state index in [4.69, 9.17) is 10.5 Å². The van der Waals surface area contributed by atoms with Crippen LogP contribution in [0.2, 0.25) is 0 Å². The van der Waals surface area contributed by atoms with Gasteiger partial charge in [0.05, 0.1) is 12.7 Å². The quantitative estimate of drug-likeness (QED) is 0.800. The first-order chi connectivity index (χ1) is 9.07. The summed E-state index contributed by atoms with van der Waals surface area (Å²) in [6.07, 6.45) is 6.99. The van der Waals surface area contributed by atoms with Gasteiger partial charge in [-0.2, -0.15) is 0 Å². The molecule has 3 atom stereocenters. The summed E-state index contributed by atoms with van der Waals surface area (Å²) in [5.41, 5.74) is 6.47. The molecule has 0 aromatic heterocycles. The Morgan fingerprint density at radius 3 is 2.74 bits per heavy atom. The molecule has 0 radical (unpaired) electrons. The van der Waals surface area contributed by atoms with Crippen LogP contribution in [-0.2, 0) is 4.74 Å². The lowest BCUT2D eigenvalue weighted by molar-refractivity contribution is -0.0651. The average molecular weight is 268 g/mol. The minimum atomic E-state index is 0.252. The van der Waals surface area contributed by atoms with Gasteiger partial charge in [0.25, 0.3) is 0 Å². The van der Waals surface area contributed by atoms with E-state index in [1.54, 1.807) is 0 Å². The summed E-state index contributed by atoms with van der Waals surface area (Å²) in [5, 5.41) is 0. The topological polar surface area (TPSA) is 38.5 Å². The molecule has 112 valence electrons. The Bertz CT molecular complexity index is 282. The van der Waals surface area contributed by atoms with Crippen molar-refractivity contribution in [3.63, 3.8) is 0 Å². The zero-order valence-electron chi connectivity index (χ0n) is 13.0.